The largest absolute Gasteiger partial charge is 0.397 e. The Balaban J connectivity index is 2.05. The fourth-order valence-corrected chi connectivity index (χ4v) is 1.56. The first-order valence-corrected chi connectivity index (χ1v) is 5.55. The highest BCUT2D eigenvalue weighted by atomic mass is 35.5. The maximum absolute atomic E-state index is 11.9. The molecule has 2 aromatic heterocycles. The molecule has 94 valence electrons. The number of halogens is 1. The standard InChI is InChI=1S/C11H11ClN4O2/c1-6-2-7(18-16-6)4-15-11(17)8-3-10(12)14-5-9(8)13/h2-3,5H,4,13H2,1H3,(H,15,17). The van der Waals surface area contributed by atoms with Gasteiger partial charge in [-0.1, -0.05) is 16.8 Å². The lowest BCUT2D eigenvalue weighted by molar-refractivity contribution is 0.0948. The van der Waals surface area contributed by atoms with Crippen molar-refractivity contribution >= 4 is 23.2 Å². The average Bonchev–Trinajstić information content (AvgIpc) is 2.75. The van der Waals surface area contributed by atoms with Gasteiger partial charge in [0.2, 0.25) is 0 Å². The van der Waals surface area contributed by atoms with E-state index < -0.39 is 0 Å². The van der Waals surface area contributed by atoms with E-state index in [1.165, 1.54) is 12.3 Å². The Hall–Kier alpha value is -2.08. The van der Waals surface area contributed by atoms with E-state index in [9.17, 15) is 4.79 Å². The van der Waals surface area contributed by atoms with Gasteiger partial charge in [0.15, 0.2) is 5.76 Å². The number of aryl methyl sites for hydroxylation is 1. The van der Waals surface area contributed by atoms with Crippen LogP contribution in [0.3, 0.4) is 0 Å². The lowest BCUT2D eigenvalue weighted by atomic mass is 10.2. The van der Waals surface area contributed by atoms with Gasteiger partial charge in [0.05, 0.1) is 29.7 Å². The van der Waals surface area contributed by atoms with Crippen molar-refractivity contribution in [2.75, 3.05) is 5.73 Å². The van der Waals surface area contributed by atoms with E-state index in [-0.39, 0.29) is 28.9 Å². The molecule has 0 saturated heterocycles. The van der Waals surface area contributed by atoms with Crippen molar-refractivity contribution in [3.8, 4) is 0 Å². The van der Waals surface area contributed by atoms with Crippen LogP contribution in [-0.2, 0) is 6.54 Å². The van der Waals surface area contributed by atoms with Gasteiger partial charge in [0.25, 0.3) is 5.91 Å². The number of carbonyl (C=O) groups is 1. The zero-order valence-corrected chi connectivity index (χ0v) is 10.4. The number of nitrogens with two attached hydrogens (primary N) is 1. The van der Waals surface area contributed by atoms with Crippen LogP contribution in [0, 0.1) is 6.92 Å². The highest BCUT2D eigenvalue weighted by Crippen LogP contribution is 2.15. The van der Waals surface area contributed by atoms with Crippen molar-refractivity contribution < 1.29 is 9.32 Å². The first-order valence-electron chi connectivity index (χ1n) is 5.17. The van der Waals surface area contributed by atoms with Crippen LogP contribution in [0.2, 0.25) is 5.15 Å². The second-order valence-electron chi connectivity index (χ2n) is 3.71. The molecular weight excluding hydrogens is 256 g/mol. The number of hydrogen-bond acceptors (Lipinski definition) is 5. The highest BCUT2D eigenvalue weighted by Gasteiger charge is 2.11. The van der Waals surface area contributed by atoms with Crippen molar-refractivity contribution in [3.63, 3.8) is 0 Å². The van der Waals surface area contributed by atoms with E-state index in [4.69, 9.17) is 21.9 Å². The fraction of sp³-hybridized carbons (Fsp3) is 0.182. The van der Waals surface area contributed by atoms with Crippen LogP contribution in [0.25, 0.3) is 0 Å². The Labute approximate surface area is 108 Å². The summed E-state index contributed by atoms with van der Waals surface area (Å²) < 4.78 is 4.97. The number of anilines is 1. The van der Waals surface area contributed by atoms with Crippen molar-refractivity contribution in [1.29, 1.82) is 0 Å². The third-order valence-corrected chi connectivity index (χ3v) is 2.45. The van der Waals surface area contributed by atoms with Gasteiger partial charge < -0.3 is 15.6 Å². The number of hydrogen-bond donors (Lipinski definition) is 2. The molecule has 18 heavy (non-hydrogen) atoms. The van der Waals surface area contributed by atoms with E-state index in [0.717, 1.165) is 5.69 Å². The first-order chi connectivity index (χ1) is 8.56. The fourth-order valence-electron chi connectivity index (χ4n) is 1.40. The molecule has 0 spiro atoms. The van der Waals surface area contributed by atoms with Crippen LogP contribution in [0.4, 0.5) is 5.69 Å². The molecule has 2 heterocycles. The Kier molecular flexibility index (Phi) is 3.47. The summed E-state index contributed by atoms with van der Waals surface area (Å²) in [6.45, 7) is 2.04. The van der Waals surface area contributed by atoms with Gasteiger partial charge >= 0.3 is 0 Å². The number of nitrogens with one attached hydrogen (secondary N) is 1. The minimum absolute atomic E-state index is 0.213. The quantitative estimate of drug-likeness (QED) is 0.822. The van der Waals surface area contributed by atoms with Crippen molar-refractivity contribution in [2.45, 2.75) is 13.5 Å². The summed E-state index contributed by atoms with van der Waals surface area (Å²) in [5, 5.41) is 6.59. The van der Waals surface area contributed by atoms with E-state index >= 15 is 0 Å². The predicted octanol–water partition coefficient (Wildman–Crippen LogP) is 1.54. The summed E-state index contributed by atoms with van der Waals surface area (Å²) in [7, 11) is 0. The number of amides is 1. The maximum atomic E-state index is 11.9. The molecule has 0 fully saturated rings. The monoisotopic (exact) mass is 266 g/mol. The van der Waals surface area contributed by atoms with Crippen LogP contribution in [0.15, 0.2) is 22.9 Å². The Morgan fingerprint density at radius 2 is 2.33 bits per heavy atom. The molecule has 0 bridgehead atoms. The second kappa shape index (κ2) is 5.05. The molecule has 0 aromatic carbocycles. The molecule has 0 unspecified atom stereocenters. The number of aromatic nitrogens is 2. The van der Waals surface area contributed by atoms with Gasteiger partial charge in [-0.05, 0) is 13.0 Å². The summed E-state index contributed by atoms with van der Waals surface area (Å²) in [6, 6.07) is 3.15. The molecule has 2 rings (SSSR count). The topological polar surface area (TPSA) is 94.0 Å². The smallest absolute Gasteiger partial charge is 0.253 e. The molecule has 0 aliphatic rings. The molecule has 7 heteroatoms. The first kappa shape index (κ1) is 12.4. The van der Waals surface area contributed by atoms with Gasteiger partial charge in [-0.3, -0.25) is 4.79 Å². The molecule has 2 aromatic rings. The molecule has 1 amide bonds. The van der Waals surface area contributed by atoms with E-state index in [1.807, 2.05) is 0 Å². The summed E-state index contributed by atoms with van der Waals surface area (Å²) in [6.07, 6.45) is 1.34. The summed E-state index contributed by atoms with van der Waals surface area (Å²) >= 11 is 5.71. The molecular formula is C11H11ClN4O2. The summed E-state index contributed by atoms with van der Waals surface area (Å²) in [5.74, 6) is 0.227. The van der Waals surface area contributed by atoms with Gasteiger partial charge in [0.1, 0.15) is 5.15 Å². The van der Waals surface area contributed by atoms with Crippen LogP contribution in [0.1, 0.15) is 21.8 Å². The van der Waals surface area contributed by atoms with Crippen LogP contribution in [-0.4, -0.2) is 16.0 Å². The third kappa shape index (κ3) is 2.78. The Morgan fingerprint density at radius 3 is 3.00 bits per heavy atom. The summed E-state index contributed by atoms with van der Waals surface area (Å²) in [5.41, 5.74) is 6.95. The van der Waals surface area contributed by atoms with Crippen molar-refractivity contribution in [2.24, 2.45) is 0 Å². The SMILES string of the molecule is Cc1cc(CNC(=O)c2cc(Cl)ncc2N)on1. The number of nitrogens with zero attached hydrogens (tertiary/aromatic N) is 2. The number of nitrogen functional groups attached to an aromatic ring is 1. The number of rotatable bonds is 3. The van der Waals surface area contributed by atoms with Gasteiger partial charge in [-0.15, -0.1) is 0 Å². The number of carbonyl (C=O) groups excluding carboxylic acids is 1. The Bertz CT molecular complexity index is 582. The van der Waals surface area contributed by atoms with Gasteiger partial charge in [-0.25, -0.2) is 4.98 Å². The zero-order chi connectivity index (χ0) is 13.1. The lowest BCUT2D eigenvalue weighted by Gasteiger charge is -2.05. The van der Waals surface area contributed by atoms with E-state index in [2.05, 4.69) is 15.5 Å². The lowest BCUT2D eigenvalue weighted by Crippen LogP contribution is -2.23. The minimum atomic E-state index is -0.342. The van der Waals surface area contributed by atoms with Crippen LogP contribution in [0.5, 0.6) is 0 Å². The third-order valence-electron chi connectivity index (χ3n) is 2.25. The van der Waals surface area contributed by atoms with E-state index in [1.54, 1.807) is 13.0 Å². The zero-order valence-electron chi connectivity index (χ0n) is 9.61. The summed E-state index contributed by atoms with van der Waals surface area (Å²) in [4.78, 5) is 15.6. The predicted molar refractivity (Wildman–Crippen MR) is 66.1 cm³/mol. The maximum Gasteiger partial charge on any atom is 0.253 e. The highest BCUT2D eigenvalue weighted by molar-refractivity contribution is 6.29. The average molecular weight is 267 g/mol. The molecule has 0 radical (unpaired) electrons. The molecule has 0 atom stereocenters. The molecule has 0 saturated carbocycles. The molecule has 0 aliphatic carbocycles. The van der Waals surface area contributed by atoms with E-state index in [0.29, 0.717) is 5.76 Å². The van der Waals surface area contributed by atoms with Crippen LogP contribution < -0.4 is 11.1 Å². The second-order valence-corrected chi connectivity index (χ2v) is 4.10. The Morgan fingerprint density at radius 1 is 1.56 bits per heavy atom. The van der Waals surface area contributed by atoms with Crippen LogP contribution >= 0.6 is 11.6 Å². The minimum Gasteiger partial charge on any atom is -0.397 e. The van der Waals surface area contributed by atoms with Gasteiger partial charge in [0, 0.05) is 6.07 Å². The van der Waals surface area contributed by atoms with Crippen molar-refractivity contribution in [1.82, 2.24) is 15.5 Å². The number of pyridine rings is 1. The molecule has 6 nitrogen and oxygen atoms in total. The van der Waals surface area contributed by atoms with Crippen molar-refractivity contribution in [3.05, 3.63) is 40.5 Å². The molecule has 0 aliphatic heterocycles. The molecule has 3 N–H and O–H groups in total. The van der Waals surface area contributed by atoms with Gasteiger partial charge in [-0.2, -0.15) is 0 Å². The normalized spacial score (nSPS) is 10.3.